The van der Waals surface area contributed by atoms with Crippen LogP contribution in [0.25, 0.3) is 0 Å². The van der Waals surface area contributed by atoms with E-state index in [2.05, 4.69) is 9.68 Å². The van der Waals surface area contributed by atoms with Gasteiger partial charge in [0.05, 0.1) is 6.07 Å². The number of anilines is 1. The Balaban J connectivity index is 2.76. The van der Waals surface area contributed by atoms with Gasteiger partial charge in [-0.2, -0.15) is 0 Å². The lowest BCUT2D eigenvalue weighted by molar-refractivity contribution is 0.278. The van der Waals surface area contributed by atoms with Gasteiger partial charge in [0, 0.05) is 6.04 Å². The van der Waals surface area contributed by atoms with E-state index in [1.807, 2.05) is 13.8 Å². The summed E-state index contributed by atoms with van der Waals surface area (Å²) in [6.45, 7) is 3.82. The molecule has 62 valence electrons. The number of aromatic nitrogens is 1. The van der Waals surface area contributed by atoms with Crippen molar-refractivity contribution in [1.29, 1.82) is 0 Å². The Labute approximate surface area is 64.4 Å². The van der Waals surface area contributed by atoms with Crippen LogP contribution in [-0.4, -0.2) is 16.3 Å². The monoisotopic (exact) mass is 157 g/mol. The van der Waals surface area contributed by atoms with Gasteiger partial charge in [0.25, 0.3) is 0 Å². The normalized spacial score (nSPS) is 10.5. The molecule has 0 unspecified atom stereocenters. The second kappa shape index (κ2) is 2.79. The van der Waals surface area contributed by atoms with Crippen LogP contribution < -0.4 is 10.9 Å². The third-order valence-corrected chi connectivity index (χ3v) is 1.31. The molecule has 0 aliphatic heterocycles. The Morgan fingerprint density at radius 1 is 1.73 bits per heavy atom. The van der Waals surface area contributed by atoms with E-state index in [9.17, 15) is 0 Å². The molecule has 3 N–H and O–H groups in total. The first-order valence-electron chi connectivity index (χ1n) is 3.31. The molecule has 0 radical (unpaired) electrons. The van der Waals surface area contributed by atoms with E-state index in [0.29, 0.717) is 5.82 Å². The van der Waals surface area contributed by atoms with E-state index >= 15 is 0 Å². The summed E-state index contributed by atoms with van der Waals surface area (Å²) in [4.78, 5) is 0. The summed E-state index contributed by atoms with van der Waals surface area (Å²) in [7, 11) is 0. The van der Waals surface area contributed by atoms with Crippen molar-refractivity contribution in [3.8, 4) is 5.95 Å². The van der Waals surface area contributed by atoms with Crippen molar-refractivity contribution >= 4 is 5.82 Å². The van der Waals surface area contributed by atoms with Crippen LogP contribution >= 0.6 is 0 Å². The fraction of sp³-hybridized carbons (Fsp3) is 0.500. The van der Waals surface area contributed by atoms with Crippen LogP contribution in [0.3, 0.4) is 0 Å². The topological polar surface area (TPSA) is 75.5 Å². The molecular formula is C6H11N3O2. The minimum Gasteiger partial charge on any atom is -0.479 e. The van der Waals surface area contributed by atoms with Gasteiger partial charge in [-0.25, -0.2) is 5.84 Å². The molecule has 0 spiro atoms. The highest BCUT2D eigenvalue weighted by Gasteiger charge is 2.10. The summed E-state index contributed by atoms with van der Waals surface area (Å²) in [5.74, 6) is 5.75. The lowest BCUT2D eigenvalue weighted by Crippen LogP contribution is -2.37. The van der Waals surface area contributed by atoms with Crippen molar-refractivity contribution in [2.75, 3.05) is 5.01 Å². The highest BCUT2D eigenvalue weighted by Crippen LogP contribution is 2.17. The van der Waals surface area contributed by atoms with E-state index in [4.69, 9.17) is 10.9 Å². The van der Waals surface area contributed by atoms with Gasteiger partial charge in [-0.15, -0.1) is 0 Å². The predicted molar refractivity (Wildman–Crippen MR) is 40.0 cm³/mol. The van der Waals surface area contributed by atoms with Crippen molar-refractivity contribution in [3.05, 3.63) is 6.07 Å². The average Bonchev–Trinajstić information content (AvgIpc) is 2.34. The number of aromatic hydroxyl groups is 1. The highest BCUT2D eigenvalue weighted by atomic mass is 16.5. The molecule has 1 heterocycles. The zero-order valence-corrected chi connectivity index (χ0v) is 6.48. The van der Waals surface area contributed by atoms with Crippen LogP contribution in [0.15, 0.2) is 10.6 Å². The number of hydrazine groups is 1. The summed E-state index contributed by atoms with van der Waals surface area (Å²) >= 11 is 0. The Bertz CT molecular complexity index is 233. The van der Waals surface area contributed by atoms with Crippen LogP contribution in [0.1, 0.15) is 13.8 Å². The van der Waals surface area contributed by atoms with Crippen molar-refractivity contribution in [2.45, 2.75) is 19.9 Å². The maximum atomic E-state index is 8.77. The van der Waals surface area contributed by atoms with E-state index in [0.717, 1.165) is 0 Å². The van der Waals surface area contributed by atoms with Gasteiger partial charge < -0.3 is 9.63 Å². The van der Waals surface area contributed by atoms with Crippen molar-refractivity contribution in [3.63, 3.8) is 0 Å². The molecular weight excluding hydrogens is 146 g/mol. The van der Waals surface area contributed by atoms with E-state index in [1.54, 1.807) is 0 Å². The van der Waals surface area contributed by atoms with E-state index < -0.39 is 0 Å². The van der Waals surface area contributed by atoms with Gasteiger partial charge in [0.15, 0.2) is 5.82 Å². The molecule has 0 aliphatic rings. The Hall–Kier alpha value is -1.23. The highest BCUT2D eigenvalue weighted by molar-refractivity contribution is 5.38. The molecule has 1 rings (SSSR count). The second-order valence-corrected chi connectivity index (χ2v) is 2.52. The maximum absolute atomic E-state index is 8.77. The molecule has 1 aromatic heterocycles. The van der Waals surface area contributed by atoms with Crippen LogP contribution in [0.5, 0.6) is 5.95 Å². The zero-order chi connectivity index (χ0) is 8.43. The number of hydrogen-bond acceptors (Lipinski definition) is 5. The SMILES string of the molecule is CC(C)N(N)c1cc(O)on1. The summed E-state index contributed by atoms with van der Waals surface area (Å²) in [5, 5.41) is 13.7. The quantitative estimate of drug-likeness (QED) is 0.482. The Morgan fingerprint density at radius 3 is 2.73 bits per heavy atom. The maximum Gasteiger partial charge on any atom is 0.310 e. The summed E-state index contributed by atoms with van der Waals surface area (Å²) in [6, 6.07) is 1.49. The molecule has 5 heteroatoms. The number of hydrogen-bond donors (Lipinski definition) is 2. The molecule has 0 fully saturated rings. The van der Waals surface area contributed by atoms with Crippen molar-refractivity contribution in [1.82, 2.24) is 5.16 Å². The summed E-state index contributed by atoms with van der Waals surface area (Å²) in [6.07, 6.45) is 0. The molecule has 0 saturated carbocycles. The Morgan fingerprint density at radius 2 is 2.36 bits per heavy atom. The molecule has 1 aromatic rings. The molecule has 0 atom stereocenters. The number of rotatable bonds is 2. The smallest absolute Gasteiger partial charge is 0.310 e. The van der Waals surface area contributed by atoms with E-state index in [1.165, 1.54) is 11.1 Å². The lowest BCUT2D eigenvalue weighted by Gasteiger charge is -2.18. The third-order valence-electron chi connectivity index (χ3n) is 1.31. The Kier molecular flexibility index (Phi) is 2.00. The molecule has 11 heavy (non-hydrogen) atoms. The van der Waals surface area contributed by atoms with Crippen LogP contribution in [-0.2, 0) is 0 Å². The standard InChI is InChI=1S/C6H11N3O2/c1-4(2)9(7)5-3-6(10)11-8-5/h3-4,10H,7H2,1-2H3. The number of nitrogens with zero attached hydrogens (tertiary/aromatic N) is 2. The lowest BCUT2D eigenvalue weighted by atomic mass is 10.4. The number of nitrogens with two attached hydrogens (primary N) is 1. The largest absolute Gasteiger partial charge is 0.479 e. The van der Waals surface area contributed by atoms with Crippen LogP contribution in [0.4, 0.5) is 5.82 Å². The van der Waals surface area contributed by atoms with Crippen LogP contribution in [0, 0.1) is 0 Å². The van der Waals surface area contributed by atoms with Crippen LogP contribution in [0.2, 0.25) is 0 Å². The fourth-order valence-corrected chi connectivity index (χ4v) is 0.643. The predicted octanol–water partition coefficient (Wildman–Crippen LogP) is 0.469. The van der Waals surface area contributed by atoms with E-state index in [-0.39, 0.29) is 12.0 Å². The average molecular weight is 157 g/mol. The first-order chi connectivity index (χ1) is 5.11. The van der Waals surface area contributed by atoms with Gasteiger partial charge in [-0.3, -0.25) is 5.01 Å². The summed E-state index contributed by atoms with van der Waals surface area (Å²) in [5.41, 5.74) is 0. The van der Waals surface area contributed by atoms with Crippen molar-refractivity contribution < 1.29 is 9.63 Å². The molecule has 0 saturated heterocycles. The van der Waals surface area contributed by atoms with Gasteiger partial charge >= 0.3 is 5.95 Å². The van der Waals surface area contributed by atoms with Crippen molar-refractivity contribution in [2.24, 2.45) is 5.84 Å². The first-order valence-corrected chi connectivity index (χ1v) is 3.31. The van der Waals surface area contributed by atoms with Gasteiger partial charge in [0.2, 0.25) is 0 Å². The molecule has 5 nitrogen and oxygen atoms in total. The van der Waals surface area contributed by atoms with Gasteiger partial charge in [-0.1, -0.05) is 5.16 Å². The van der Waals surface area contributed by atoms with Gasteiger partial charge in [0.1, 0.15) is 0 Å². The molecule has 0 aliphatic carbocycles. The molecule has 0 aromatic carbocycles. The minimum absolute atomic E-state index is 0.125. The fourth-order valence-electron chi connectivity index (χ4n) is 0.643. The summed E-state index contributed by atoms with van der Waals surface area (Å²) < 4.78 is 4.42. The zero-order valence-electron chi connectivity index (χ0n) is 6.48. The second-order valence-electron chi connectivity index (χ2n) is 2.52. The molecule has 0 bridgehead atoms. The first kappa shape index (κ1) is 7.87. The third kappa shape index (κ3) is 1.62. The molecule has 0 amide bonds. The van der Waals surface area contributed by atoms with Gasteiger partial charge in [-0.05, 0) is 13.8 Å². The minimum atomic E-state index is -0.226.